The molecule has 6 heteroatoms. The van der Waals surface area contributed by atoms with Gasteiger partial charge in [-0.05, 0) is 0 Å². The van der Waals surface area contributed by atoms with Gasteiger partial charge in [-0.25, -0.2) is 0 Å². The fraction of sp³-hybridized carbons (Fsp3) is 0. The second-order valence-corrected chi connectivity index (χ2v) is 2.23. The maximum absolute atomic E-state index is 10.3. The SMILES string of the molecule is Nc1cc(O)cc(N)c1[N+](=O)[O-]. The van der Waals surface area contributed by atoms with E-state index in [0.717, 1.165) is 12.1 Å². The van der Waals surface area contributed by atoms with Crippen molar-refractivity contribution in [3.8, 4) is 5.75 Å². The molecule has 0 aliphatic rings. The maximum atomic E-state index is 10.3. The van der Waals surface area contributed by atoms with Crippen LogP contribution in [-0.2, 0) is 0 Å². The molecule has 0 bridgehead atoms. The quantitative estimate of drug-likeness (QED) is 0.321. The summed E-state index contributed by atoms with van der Waals surface area (Å²) >= 11 is 0. The van der Waals surface area contributed by atoms with Gasteiger partial charge in [-0.3, -0.25) is 10.1 Å². The zero-order valence-corrected chi connectivity index (χ0v) is 6.02. The number of anilines is 2. The van der Waals surface area contributed by atoms with Crippen LogP contribution in [-0.4, -0.2) is 10.0 Å². The molecule has 0 amide bonds. The fourth-order valence-electron chi connectivity index (χ4n) is 0.875. The highest BCUT2D eigenvalue weighted by atomic mass is 16.6. The molecule has 0 fully saturated rings. The van der Waals surface area contributed by atoms with E-state index in [1.807, 2.05) is 0 Å². The summed E-state index contributed by atoms with van der Waals surface area (Å²) < 4.78 is 0. The van der Waals surface area contributed by atoms with Crippen molar-refractivity contribution in [2.45, 2.75) is 0 Å². The number of phenols is 1. The lowest BCUT2D eigenvalue weighted by atomic mass is 10.2. The van der Waals surface area contributed by atoms with Crippen LogP contribution >= 0.6 is 0 Å². The van der Waals surface area contributed by atoms with E-state index in [4.69, 9.17) is 16.6 Å². The molecule has 0 aliphatic heterocycles. The number of hydrogen-bond donors (Lipinski definition) is 3. The number of aromatic hydroxyl groups is 1. The second-order valence-electron chi connectivity index (χ2n) is 2.23. The minimum Gasteiger partial charge on any atom is -0.508 e. The van der Waals surface area contributed by atoms with Gasteiger partial charge in [-0.2, -0.15) is 0 Å². The van der Waals surface area contributed by atoms with E-state index in [1.165, 1.54) is 0 Å². The second kappa shape index (κ2) is 2.57. The van der Waals surface area contributed by atoms with Crippen LogP contribution in [0.2, 0.25) is 0 Å². The summed E-state index contributed by atoms with van der Waals surface area (Å²) in [4.78, 5) is 9.63. The van der Waals surface area contributed by atoms with Gasteiger partial charge in [0.2, 0.25) is 0 Å². The van der Waals surface area contributed by atoms with Gasteiger partial charge in [0.15, 0.2) is 0 Å². The highest BCUT2D eigenvalue weighted by Gasteiger charge is 2.16. The van der Waals surface area contributed by atoms with Gasteiger partial charge < -0.3 is 16.6 Å². The molecule has 0 unspecified atom stereocenters. The Bertz CT molecular complexity index is 314. The van der Waals surface area contributed by atoms with E-state index in [-0.39, 0.29) is 22.8 Å². The smallest absolute Gasteiger partial charge is 0.315 e. The van der Waals surface area contributed by atoms with Gasteiger partial charge in [0.05, 0.1) is 4.92 Å². The molecule has 5 N–H and O–H groups in total. The first kappa shape index (κ1) is 8.12. The van der Waals surface area contributed by atoms with Crippen LogP contribution in [0, 0.1) is 10.1 Å². The molecule has 12 heavy (non-hydrogen) atoms. The largest absolute Gasteiger partial charge is 0.508 e. The summed E-state index contributed by atoms with van der Waals surface area (Å²) in [7, 11) is 0. The molecule has 0 aliphatic carbocycles. The van der Waals surface area contributed by atoms with Crippen molar-refractivity contribution in [1.29, 1.82) is 0 Å². The lowest BCUT2D eigenvalue weighted by Gasteiger charge is -2.00. The first-order valence-corrected chi connectivity index (χ1v) is 3.04. The Kier molecular flexibility index (Phi) is 1.74. The van der Waals surface area contributed by atoms with E-state index < -0.39 is 4.92 Å². The zero-order chi connectivity index (χ0) is 9.30. The Balaban J connectivity index is 3.38. The maximum Gasteiger partial charge on any atom is 0.315 e. The zero-order valence-electron chi connectivity index (χ0n) is 6.02. The first-order chi connectivity index (χ1) is 5.52. The Morgan fingerprint density at radius 1 is 1.33 bits per heavy atom. The Hall–Kier alpha value is -1.98. The number of nitrogens with zero attached hydrogens (tertiary/aromatic N) is 1. The number of nitrogen functional groups attached to an aromatic ring is 2. The van der Waals surface area contributed by atoms with Crippen molar-refractivity contribution < 1.29 is 10.0 Å². The highest BCUT2D eigenvalue weighted by Crippen LogP contribution is 2.32. The van der Waals surface area contributed by atoms with Crippen molar-refractivity contribution in [2.75, 3.05) is 11.5 Å². The van der Waals surface area contributed by atoms with Crippen molar-refractivity contribution in [2.24, 2.45) is 0 Å². The molecule has 1 aromatic rings. The van der Waals surface area contributed by atoms with Gasteiger partial charge in [0.25, 0.3) is 0 Å². The van der Waals surface area contributed by atoms with Crippen LogP contribution in [0.4, 0.5) is 17.1 Å². The predicted octanol–water partition coefficient (Wildman–Crippen LogP) is 0.465. The van der Waals surface area contributed by atoms with E-state index in [0.29, 0.717) is 0 Å². The Morgan fingerprint density at radius 3 is 2.08 bits per heavy atom. The summed E-state index contributed by atoms with van der Waals surface area (Å²) in [6, 6.07) is 2.16. The number of rotatable bonds is 1. The molecule has 0 atom stereocenters. The van der Waals surface area contributed by atoms with Crippen molar-refractivity contribution >= 4 is 17.1 Å². The van der Waals surface area contributed by atoms with Gasteiger partial charge in [-0.15, -0.1) is 0 Å². The van der Waals surface area contributed by atoms with Crippen LogP contribution in [0.25, 0.3) is 0 Å². The average Bonchev–Trinajstić information content (AvgIpc) is 1.82. The van der Waals surface area contributed by atoms with Crippen LogP contribution < -0.4 is 11.5 Å². The third kappa shape index (κ3) is 1.22. The highest BCUT2D eigenvalue weighted by molar-refractivity contribution is 5.74. The minimum atomic E-state index is -0.690. The molecule has 0 saturated carbocycles. The minimum absolute atomic E-state index is 0.141. The summed E-state index contributed by atoms with van der Waals surface area (Å²) in [5.74, 6) is -0.185. The van der Waals surface area contributed by atoms with Crippen LogP contribution in [0.5, 0.6) is 5.75 Å². The van der Waals surface area contributed by atoms with Crippen molar-refractivity contribution in [3.05, 3.63) is 22.2 Å². The third-order valence-corrected chi connectivity index (χ3v) is 1.34. The van der Waals surface area contributed by atoms with E-state index in [2.05, 4.69) is 0 Å². The number of nitro benzene ring substituents is 1. The molecule has 64 valence electrons. The summed E-state index contributed by atoms with van der Waals surface area (Å²) in [6.07, 6.45) is 0. The molecule has 0 spiro atoms. The van der Waals surface area contributed by atoms with Crippen molar-refractivity contribution in [1.82, 2.24) is 0 Å². The topological polar surface area (TPSA) is 115 Å². The molecule has 0 heterocycles. The van der Waals surface area contributed by atoms with Gasteiger partial charge in [0.1, 0.15) is 17.1 Å². The van der Waals surface area contributed by atoms with Crippen LogP contribution in [0.1, 0.15) is 0 Å². The van der Waals surface area contributed by atoms with E-state index in [1.54, 1.807) is 0 Å². The average molecular weight is 169 g/mol. The number of nitro groups is 1. The molecule has 6 nitrogen and oxygen atoms in total. The van der Waals surface area contributed by atoms with Gasteiger partial charge in [0, 0.05) is 12.1 Å². The van der Waals surface area contributed by atoms with E-state index in [9.17, 15) is 10.1 Å². The number of phenolic OH excluding ortho intramolecular Hbond substituents is 1. The molecular weight excluding hydrogens is 162 g/mol. The van der Waals surface area contributed by atoms with Gasteiger partial charge in [-0.1, -0.05) is 0 Å². The number of hydrogen-bond acceptors (Lipinski definition) is 5. The van der Waals surface area contributed by atoms with Crippen LogP contribution in [0.3, 0.4) is 0 Å². The molecule has 1 rings (SSSR count). The standard InChI is InChI=1S/C6H7N3O3/c7-4-1-3(10)2-5(8)6(4)9(11)12/h1-2,10H,7-8H2. The van der Waals surface area contributed by atoms with Crippen LogP contribution in [0.15, 0.2) is 12.1 Å². The molecular formula is C6H7N3O3. The van der Waals surface area contributed by atoms with E-state index >= 15 is 0 Å². The summed E-state index contributed by atoms with van der Waals surface area (Å²) in [5.41, 5.74) is 9.83. The lowest BCUT2D eigenvalue weighted by molar-refractivity contribution is -0.383. The number of nitrogens with two attached hydrogens (primary N) is 2. The molecule has 0 aromatic heterocycles. The lowest BCUT2D eigenvalue weighted by Crippen LogP contribution is -1.99. The third-order valence-electron chi connectivity index (χ3n) is 1.34. The van der Waals surface area contributed by atoms with Gasteiger partial charge >= 0.3 is 5.69 Å². The van der Waals surface area contributed by atoms with Crippen molar-refractivity contribution in [3.63, 3.8) is 0 Å². The summed E-state index contributed by atoms with van der Waals surface area (Å²) in [6.45, 7) is 0. The number of benzene rings is 1. The molecule has 0 radical (unpaired) electrons. The predicted molar refractivity (Wildman–Crippen MR) is 43.6 cm³/mol. The monoisotopic (exact) mass is 169 g/mol. The molecule has 0 saturated heterocycles. The summed E-state index contributed by atoms with van der Waals surface area (Å²) in [5, 5.41) is 19.2. The Morgan fingerprint density at radius 2 is 1.75 bits per heavy atom. The Labute approximate surface area is 67.6 Å². The molecule has 1 aromatic carbocycles. The fourth-order valence-corrected chi connectivity index (χ4v) is 0.875. The normalized spacial score (nSPS) is 9.67. The first-order valence-electron chi connectivity index (χ1n) is 3.04.